The summed E-state index contributed by atoms with van der Waals surface area (Å²) >= 11 is 0. The van der Waals surface area contributed by atoms with Crippen molar-refractivity contribution in [2.24, 2.45) is 0 Å². The monoisotopic (exact) mass is 354 g/mol. The normalized spacial score (nSPS) is 10.2. The first kappa shape index (κ1) is 17.3. The highest BCUT2D eigenvalue weighted by molar-refractivity contribution is 5.93. The molecule has 0 saturated carbocycles. The highest BCUT2D eigenvalue weighted by Gasteiger charge is 2.16. The minimum Gasteiger partial charge on any atom is -0.419 e. The van der Waals surface area contributed by atoms with Gasteiger partial charge in [-0.2, -0.15) is 0 Å². The number of rotatable bonds is 4. The molecule has 3 aromatic rings. The first-order valence-electron chi connectivity index (χ1n) is 7.57. The van der Waals surface area contributed by atoms with Crippen LogP contribution in [0.3, 0.4) is 0 Å². The molecular formula is C20H12F2O4. The van der Waals surface area contributed by atoms with Gasteiger partial charge < -0.3 is 9.47 Å². The molecule has 0 N–H and O–H groups in total. The van der Waals surface area contributed by atoms with E-state index in [4.69, 9.17) is 9.47 Å². The SMILES string of the molecule is O=C(Oc1ccccc1OC(=O)c1ccc(F)cc1)c1ccc(F)cc1. The zero-order valence-corrected chi connectivity index (χ0v) is 13.3. The van der Waals surface area contributed by atoms with Crippen LogP contribution >= 0.6 is 0 Å². The number of hydrogen-bond acceptors (Lipinski definition) is 4. The molecule has 0 aromatic heterocycles. The molecule has 0 spiro atoms. The number of esters is 2. The van der Waals surface area contributed by atoms with Crippen LogP contribution in [0.25, 0.3) is 0 Å². The Balaban J connectivity index is 1.77. The van der Waals surface area contributed by atoms with Crippen molar-refractivity contribution in [1.29, 1.82) is 0 Å². The molecule has 0 atom stereocenters. The van der Waals surface area contributed by atoms with Gasteiger partial charge in [0.15, 0.2) is 11.5 Å². The van der Waals surface area contributed by atoms with Gasteiger partial charge in [0.25, 0.3) is 0 Å². The fraction of sp³-hybridized carbons (Fsp3) is 0. The Morgan fingerprint density at radius 1 is 0.577 bits per heavy atom. The second-order valence-corrected chi connectivity index (χ2v) is 5.24. The average molecular weight is 354 g/mol. The lowest BCUT2D eigenvalue weighted by Gasteiger charge is -2.10. The van der Waals surface area contributed by atoms with Crippen molar-refractivity contribution in [3.63, 3.8) is 0 Å². The summed E-state index contributed by atoms with van der Waals surface area (Å²) in [6.45, 7) is 0. The fourth-order valence-corrected chi connectivity index (χ4v) is 2.11. The van der Waals surface area contributed by atoms with Gasteiger partial charge >= 0.3 is 11.9 Å². The zero-order chi connectivity index (χ0) is 18.5. The molecule has 26 heavy (non-hydrogen) atoms. The van der Waals surface area contributed by atoms with E-state index in [1.165, 1.54) is 36.4 Å². The molecule has 6 heteroatoms. The van der Waals surface area contributed by atoms with Crippen molar-refractivity contribution >= 4 is 11.9 Å². The Hall–Kier alpha value is -3.54. The minimum atomic E-state index is -0.727. The van der Waals surface area contributed by atoms with Gasteiger partial charge in [-0.15, -0.1) is 0 Å². The van der Waals surface area contributed by atoms with Crippen molar-refractivity contribution in [1.82, 2.24) is 0 Å². The fourth-order valence-electron chi connectivity index (χ4n) is 2.11. The van der Waals surface area contributed by atoms with E-state index in [1.54, 1.807) is 12.1 Å². The van der Waals surface area contributed by atoms with E-state index < -0.39 is 23.6 Å². The van der Waals surface area contributed by atoms with Crippen LogP contribution in [0.1, 0.15) is 20.7 Å². The van der Waals surface area contributed by atoms with E-state index in [0.717, 1.165) is 24.3 Å². The number of para-hydroxylation sites is 2. The first-order valence-corrected chi connectivity index (χ1v) is 7.57. The third kappa shape index (κ3) is 4.10. The van der Waals surface area contributed by atoms with Crippen molar-refractivity contribution in [3.05, 3.63) is 95.6 Å². The lowest BCUT2D eigenvalue weighted by molar-refractivity contribution is 0.0682. The van der Waals surface area contributed by atoms with Crippen LogP contribution in [0.5, 0.6) is 11.5 Å². The molecule has 0 heterocycles. The summed E-state index contributed by atoms with van der Waals surface area (Å²) < 4.78 is 36.3. The number of carbonyl (C=O) groups is 2. The molecule has 0 fully saturated rings. The van der Waals surface area contributed by atoms with Crippen molar-refractivity contribution in [2.45, 2.75) is 0 Å². The van der Waals surface area contributed by atoms with Gasteiger partial charge in [-0.25, -0.2) is 18.4 Å². The van der Waals surface area contributed by atoms with Crippen molar-refractivity contribution < 1.29 is 27.8 Å². The number of halogens is 2. The van der Waals surface area contributed by atoms with Gasteiger partial charge in [-0.3, -0.25) is 0 Å². The molecule has 0 saturated heterocycles. The Bertz CT molecular complexity index is 856. The lowest BCUT2D eigenvalue weighted by atomic mass is 10.2. The van der Waals surface area contributed by atoms with Crippen LogP contribution in [0.2, 0.25) is 0 Å². The summed E-state index contributed by atoms with van der Waals surface area (Å²) in [5.74, 6) is -2.36. The smallest absolute Gasteiger partial charge is 0.343 e. The minimum absolute atomic E-state index is 0.0253. The second-order valence-electron chi connectivity index (χ2n) is 5.24. The molecular weight excluding hydrogens is 342 g/mol. The standard InChI is InChI=1S/C20H12F2O4/c21-15-9-5-13(6-10-15)19(23)25-17-3-1-2-4-18(17)26-20(24)14-7-11-16(22)12-8-14/h1-12H. The molecule has 0 aliphatic rings. The van der Waals surface area contributed by atoms with E-state index in [0.29, 0.717) is 0 Å². The summed E-state index contributed by atoms with van der Waals surface area (Å²) in [6.07, 6.45) is 0. The number of benzene rings is 3. The summed E-state index contributed by atoms with van der Waals surface area (Å²) in [5.41, 5.74) is 0.289. The third-order valence-corrected chi connectivity index (χ3v) is 3.41. The van der Waals surface area contributed by atoms with Gasteiger partial charge in [-0.05, 0) is 60.7 Å². The number of ether oxygens (including phenoxy) is 2. The molecule has 0 unspecified atom stereocenters. The van der Waals surface area contributed by atoms with Crippen LogP contribution in [-0.2, 0) is 0 Å². The van der Waals surface area contributed by atoms with Gasteiger partial charge in [-0.1, -0.05) is 12.1 Å². The highest BCUT2D eigenvalue weighted by atomic mass is 19.1. The van der Waals surface area contributed by atoms with Crippen LogP contribution in [-0.4, -0.2) is 11.9 Å². The largest absolute Gasteiger partial charge is 0.419 e. The molecule has 130 valence electrons. The summed E-state index contributed by atoms with van der Waals surface area (Å²) in [4.78, 5) is 24.3. The third-order valence-electron chi connectivity index (χ3n) is 3.41. The Kier molecular flexibility index (Phi) is 5.03. The van der Waals surface area contributed by atoms with Crippen LogP contribution in [0.15, 0.2) is 72.8 Å². The van der Waals surface area contributed by atoms with Crippen LogP contribution in [0, 0.1) is 11.6 Å². The molecule has 3 aromatic carbocycles. The second kappa shape index (κ2) is 7.57. The summed E-state index contributed by atoms with van der Waals surface area (Å²) in [5, 5.41) is 0. The van der Waals surface area contributed by atoms with Crippen molar-refractivity contribution in [3.8, 4) is 11.5 Å². The van der Waals surface area contributed by atoms with Crippen LogP contribution in [0.4, 0.5) is 8.78 Å². The van der Waals surface area contributed by atoms with E-state index in [-0.39, 0.29) is 22.6 Å². The van der Waals surface area contributed by atoms with Gasteiger partial charge in [0.1, 0.15) is 11.6 Å². The molecule has 3 rings (SSSR count). The molecule has 0 aliphatic heterocycles. The van der Waals surface area contributed by atoms with E-state index in [2.05, 4.69) is 0 Å². The highest BCUT2D eigenvalue weighted by Crippen LogP contribution is 2.28. The van der Waals surface area contributed by atoms with Gasteiger partial charge in [0.2, 0.25) is 0 Å². The summed E-state index contributed by atoms with van der Waals surface area (Å²) in [6, 6.07) is 15.8. The van der Waals surface area contributed by atoms with E-state index in [1.807, 2.05) is 0 Å². The Labute approximate surface area is 147 Å². The molecule has 0 bridgehead atoms. The van der Waals surface area contributed by atoms with Gasteiger partial charge in [0, 0.05) is 0 Å². The van der Waals surface area contributed by atoms with Gasteiger partial charge in [0.05, 0.1) is 11.1 Å². The summed E-state index contributed by atoms with van der Waals surface area (Å²) in [7, 11) is 0. The van der Waals surface area contributed by atoms with Crippen molar-refractivity contribution in [2.75, 3.05) is 0 Å². The molecule has 0 amide bonds. The Morgan fingerprint density at radius 2 is 0.923 bits per heavy atom. The van der Waals surface area contributed by atoms with E-state index >= 15 is 0 Å². The maximum absolute atomic E-state index is 12.9. The quantitative estimate of drug-likeness (QED) is 0.515. The molecule has 0 aliphatic carbocycles. The predicted octanol–water partition coefficient (Wildman–Crippen LogP) is 4.40. The van der Waals surface area contributed by atoms with E-state index in [9.17, 15) is 18.4 Å². The molecule has 4 nitrogen and oxygen atoms in total. The lowest BCUT2D eigenvalue weighted by Crippen LogP contribution is -2.12. The predicted molar refractivity (Wildman–Crippen MR) is 89.2 cm³/mol. The maximum atomic E-state index is 12.9. The molecule has 0 radical (unpaired) electrons. The maximum Gasteiger partial charge on any atom is 0.343 e. The van der Waals surface area contributed by atoms with Crippen LogP contribution < -0.4 is 9.47 Å². The number of carbonyl (C=O) groups excluding carboxylic acids is 2. The average Bonchev–Trinajstić information content (AvgIpc) is 2.64. The first-order chi connectivity index (χ1) is 12.5. The zero-order valence-electron chi connectivity index (χ0n) is 13.3. The topological polar surface area (TPSA) is 52.6 Å². The Morgan fingerprint density at radius 3 is 1.27 bits per heavy atom. The number of hydrogen-bond donors (Lipinski definition) is 0.